The van der Waals surface area contributed by atoms with Gasteiger partial charge in [-0.05, 0) is 45.4 Å². The van der Waals surface area contributed by atoms with Gasteiger partial charge in [0.2, 0.25) is 5.88 Å². The number of rotatable bonds is 6. The Labute approximate surface area is 164 Å². The van der Waals surface area contributed by atoms with E-state index in [4.69, 9.17) is 4.74 Å². The first-order valence-corrected chi connectivity index (χ1v) is 9.48. The number of aromatic nitrogens is 4. The molecule has 1 fully saturated rings. The third-order valence-electron chi connectivity index (χ3n) is 5.00. The first-order chi connectivity index (χ1) is 13.4. The molecule has 1 aliphatic rings. The number of ether oxygens (including phenoxy) is 1. The smallest absolute Gasteiger partial charge is 0.224 e. The van der Waals surface area contributed by atoms with E-state index >= 15 is 0 Å². The van der Waals surface area contributed by atoms with E-state index < -0.39 is 5.60 Å². The molecule has 3 aromatic rings. The van der Waals surface area contributed by atoms with Gasteiger partial charge in [0.15, 0.2) is 0 Å². The molecule has 4 rings (SSSR count). The SMILES string of the molecule is Cc1ncc(-c2ccc(C(C)(C)O)nc2)c(OC[C@H]2C[C@@H]2c2ccccn2)n1. The van der Waals surface area contributed by atoms with Crippen LogP contribution in [0.3, 0.4) is 0 Å². The highest BCUT2D eigenvalue weighted by Gasteiger charge is 2.40. The third kappa shape index (κ3) is 4.02. The van der Waals surface area contributed by atoms with Gasteiger partial charge in [-0.2, -0.15) is 4.98 Å². The van der Waals surface area contributed by atoms with Crippen molar-refractivity contribution in [2.24, 2.45) is 5.92 Å². The van der Waals surface area contributed by atoms with Crippen LogP contribution in [0.5, 0.6) is 5.88 Å². The second-order valence-electron chi connectivity index (χ2n) is 7.80. The molecule has 0 aliphatic heterocycles. The summed E-state index contributed by atoms with van der Waals surface area (Å²) in [5, 5.41) is 10.1. The second-order valence-corrected chi connectivity index (χ2v) is 7.80. The Morgan fingerprint density at radius 3 is 2.64 bits per heavy atom. The van der Waals surface area contributed by atoms with Crippen LogP contribution in [0.4, 0.5) is 0 Å². The molecule has 0 aromatic carbocycles. The Balaban J connectivity index is 1.50. The van der Waals surface area contributed by atoms with Gasteiger partial charge in [-0.1, -0.05) is 12.1 Å². The second kappa shape index (κ2) is 7.28. The van der Waals surface area contributed by atoms with Gasteiger partial charge < -0.3 is 9.84 Å². The van der Waals surface area contributed by atoms with Gasteiger partial charge in [0.1, 0.15) is 11.4 Å². The Kier molecular flexibility index (Phi) is 4.81. The van der Waals surface area contributed by atoms with E-state index in [-0.39, 0.29) is 0 Å². The Morgan fingerprint density at radius 2 is 1.96 bits per heavy atom. The fourth-order valence-corrected chi connectivity index (χ4v) is 3.25. The fraction of sp³-hybridized carbons (Fsp3) is 0.364. The maximum absolute atomic E-state index is 10.1. The third-order valence-corrected chi connectivity index (χ3v) is 5.00. The van der Waals surface area contributed by atoms with E-state index in [1.807, 2.05) is 37.4 Å². The summed E-state index contributed by atoms with van der Waals surface area (Å²) >= 11 is 0. The molecule has 2 atom stereocenters. The van der Waals surface area contributed by atoms with Crippen molar-refractivity contribution in [1.82, 2.24) is 19.9 Å². The molecule has 0 spiro atoms. The summed E-state index contributed by atoms with van der Waals surface area (Å²) in [6, 6.07) is 9.76. The van der Waals surface area contributed by atoms with Crippen LogP contribution in [0.25, 0.3) is 11.1 Å². The zero-order valence-electron chi connectivity index (χ0n) is 16.3. The van der Waals surface area contributed by atoms with E-state index in [0.29, 0.717) is 35.8 Å². The standard InChI is InChI=1S/C22H24N4O2/c1-14-24-12-18(15-7-8-20(25-11-15)22(2,3)27)21(26-14)28-13-16-10-17(16)19-6-4-5-9-23-19/h4-9,11-12,16-17,27H,10,13H2,1-3H3/t16-,17+/m1/s1. The average molecular weight is 376 g/mol. The Morgan fingerprint density at radius 1 is 1.11 bits per heavy atom. The van der Waals surface area contributed by atoms with Gasteiger partial charge in [-0.3, -0.25) is 9.97 Å². The summed E-state index contributed by atoms with van der Waals surface area (Å²) in [7, 11) is 0. The lowest BCUT2D eigenvalue weighted by Crippen LogP contribution is -2.17. The largest absolute Gasteiger partial charge is 0.477 e. The van der Waals surface area contributed by atoms with Crippen LogP contribution in [-0.4, -0.2) is 31.6 Å². The molecule has 0 bridgehead atoms. The molecular weight excluding hydrogens is 352 g/mol. The highest BCUT2D eigenvalue weighted by molar-refractivity contribution is 5.67. The Hall–Kier alpha value is -2.86. The molecule has 3 aromatic heterocycles. The molecule has 6 nitrogen and oxygen atoms in total. The first-order valence-electron chi connectivity index (χ1n) is 9.48. The highest BCUT2D eigenvalue weighted by Crippen LogP contribution is 2.46. The van der Waals surface area contributed by atoms with Crippen molar-refractivity contribution in [3.05, 3.63) is 66.1 Å². The molecule has 3 heterocycles. The predicted molar refractivity (Wildman–Crippen MR) is 106 cm³/mol. The average Bonchev–Trinajstić information content (AvgIpc) is 3.46. The van der Waals surface area contributed by atoms with Crippen molar-refractivity contribution >= 4 is 0 Å². The summed E-state index contributed by atoms with van der Waals surface area (Å²) in [4.78, 5) is 17.6. The van der Waals surface area contributed by atoms with Gasteiger partial charge in [-0.25, -0.2) is 4.98 Å². The van der Waals surface area contributed by atoms with E-state index in [0.717, 1.165) is 23.2 Å². The number of hydrogen-bond acceptors (Lipinski definition) is 6. The van der Waals surface area contributed by atoms with Crippen molar-refractivity contribution in [2.75, 3.05) is 6.61 Å². The van der Waals surface area contributed by atoms with Gasteiger partial charge in [-0.15, -0.1) is 0 Å². The minimum atomic E-state index is -0.978. The molecule has 1 aliphatic carbocycles. The van der Waals surface area contributed by atoms with Crippen LogP contribution in [0.1, 0.15) is 43.4 Å². The molecule has 0 amide bonds. The highest BCUT2D eigenvalue weighted by atomic mass is 16.5. The minimum Gasteiger partial charge on any atom is -0.477 e. The maximum Gasteiger partial charge on any atom is 0.224 e. The van der Waals surface area contributed by atoms with Gasteiger partial charge >= 0.3 is 0 Å². The lowest BCUT2D eigenvalue weighted by atomic mass is 10.0. The molecule has 0 unspecified atom stereocenters. The zero-order chi connectivity index (χ0) is 19.7. The summed E-state index contributed by atoms with van der Waals surface area (Å²) in [6.45, 7) is 5.87. The van der Waals surface area contributed by atoms with Crippen molar-refractivity contribution in [3.8, 4) is 17.0 Å². The normalized spacial score (nSPS) is 18.7. The summed E-state index contributed by atoms with van der Waals surface area (Å²) in [5.74, 6) is 2.14. The van der Waals surface area contributed by atoms with E-state index in [1.165, 1.54) is 0 Å². The number of aliphatic hydroxyl groups is 1. The maximum atomic E-state index is 10.1. The molecule has 0 radical (unpaired) electrons. The quantitative estimate of drug-likeness (QED) is 0.707. The van der Waals surface area contributed by atoms with Crippen LogP contribution in [0.2, 0.25) is 0 Å². The number of hydrogen-bond donors (Lipinski definition) is 1. The predicted octanol–water partition coefficient (Wildman–Crippen LogP) is 3.65. The van der Waals surface area contributed by atoms with E-state index in [1.54, 1.807) is 26.2 Å². The van der Waals surface area contributed by atoms with Crippen molar-refractivity contribution in [1.29, 1.82) is 0 Å². The molecule has 0 saturated heterocycles. The molecule has 6 heteroatoms. The fourth-order valence-electron chi connectivity index (χ4n) is 3.25. The van der Waals surface area contributed by atoms with Crippen molar-refractivity contribution in [3.63, 3.8) is 0 Å². The molecule has 144 valence electrons. The first kappa shape index (κ1) is 18.5. The summed E-state index contributed by atoms with van der Waals surface area (Å²) < 4.78 is 6.09. The van der Waals surface area contributed by atoms with Gasteiger partial charge in [0.25, 0.3) is 0 Å². The van der Waals surface area contributed by atoms with Crippen LogP contribution in [-0.2, 0) is 5.60 Å². The van der Waals surface area contributed by atoms with Crippen LogP contribution in [0.15, 0.2) is 48.9 Å². The minimum absolute atomic E-state index is 0.453. The van der Waals surface area contributed by atoms with E-state index in [2.05, 4.69) is 26.0 Å². The lowest BCUT2D eigenvalue weighted by Gasteiger charge is -2.17. The van der Waals surface area contributed by atoms with Gasteiger partial charge in [0.05, 0.1) is 17.9 Å². The number of pyridine rings is 2. The van der Waals surface area contributed by atoms with Crippen LogP contribution in [0, 0.1) is 12.8 Å². The monoisotopic (exact) mass is 376 g/mol. The number of nitrogens with zero attached hydrogens (tertiary/aromatic N) is 4. The van der Waals surface area contributed by atoms with Crippen LogP contribution < -0.4 is 4.74 Å². The lowest BCUT2D eigenvalue weighted by molar-refractivity contribution is 0.0739. The molecule has 1 N–H and O–H groups in total. The number of aryl methyl sites for hydroxylation is 1. The molecule has 28 heavy (non-hydrogen) atoms. The van der Waals surface area contributed by atoms with Gasteiger partial charge in [0, 0.05) is 41.7 Å². The Bertz CT molecular complexity index is 953. The zero-order valence-corrected chi connectivity index (χ0v) is 16.3. The van der Waals surface area contributed by atoms with Crippen LogP contribution >= 0.6 is 0 Å². The van der Waals surface area contributed by atoms with Crippen molar-refractivity contribution in [2.45, 2.75) is 38.7 Å². The molecular formula is C22H24N4O2. The summed E-state index contributed by atoms with van der Waals surface area (Å²) in [5.41, 5.74) is 2.42. The van der Waals surface area contributed by atoms with E-state index in [9.17, 15) is 5.11 Å². The van der Waals surface area contributed by atoms with Crippen molar-refractivity contribution < 1.29 is 9.84 Å². The topological polar surface area (TPSA) is 81.0 Å². The molecule has 1 saturated carbocycles. The summed E-state index contributed by atoms with van der Waals surface area (Å²) in [6.07, 6.45) is 6.41.